The van der Waals surface area contributed by atoms with E-state index in [4.69, 9.17) is 0 Å². The number of hydrogen-bond donors (Lipinski definition) is 0. The molecule has 0 spiro atoms. The van der Waals surface area contributed by atoms with Gasteiger partial charge < -0.3 is 0 Å². The van der Waals surface area contributed by atoms with Crippen LogP contribution in [-0.4, -0.2) is 0 Å². The zero-order chi connectivity index (χ0) is 11.3. The summed E-state index contributed by atoms with van der Waals surface area (Å²) < 4.78 is 0. The fraction of sp³-hybridized carbons (Fsp3) is 0.692. The fourth-order valence-corrected chi connectivity index (χ4v) is 1.18. The van der Waals surface area contributed by atoms with Crippen molar-refractivity contribution in [3.63, 3.8) is 0 Å². The Morgan fingerprint density at radius 2 is 1.21 bits per heavy atom. The summed E-state index contributed by atoms with van der Waals surface area (Å²) in [6.07, 6.45) is 0. The van der Waals surface area contributed by atoms with Gasteiger partial charge in [-0.3, -0.25) is 0 Å². The lowest BCUT2D eigenvalue weighted by molar-refractivity contribution is 1.44. The van der Waals surface area contributed by atoms with Crippen LogP contribution in [0.3, 0.4) is 0 Å². The molecule has 1 heteroatoms. The third-order valence-corrected chi connectivity index (χ3v) is 2.07. The largest absolute Gasteiger partial charge is 0.149 e. The molecule has 1 heterocycles. The highest BCUT2D eigenvalue weighted by molar-refractivity contribution is 7.10. The summed E-state index contributed by atoms with van der Waals surface area (Å²) in [7, 11) is 0. The average molecular weight is 218 g/mol. The van der Waals surface area contributed by atoms with Crippen LogP contribution in [0, 0.1) is 13.8 Å². The van der Waals surface area contributed by atoms with Crippen LogP contribution in [0.15, 0.2) is 11.4 Å². The summed E-state index contributed by atoms with van der Waals surface area (Å²) >= 11 is 1.80. The molecule has 0 fully saturated rings. The van der Waals surface area contributed by atoms with Gasteiger partial charge in [-0.1, -0.05) is 49.0 Å². The van der Waals surface area contributed by atoms with Gasteiger partial charge in [0.2, 0.25) is 0 Å². The van der Waals surface area contributed by atoms with Gasteiger partial charge in [0.15, 0.2) is 0 Å². The molecule has 0 aromatic carbocycles. The van der Waals surface area contributed by atoms with Gasteiger partial charge >= 0.3 is 0 Å². The van der Waals surface area contributed by atoms with E-state index in [1.165, 1.54) is 10.4 Å². The highest BCUT2D eigenvalue weighted by Gasteiger charge is 1.87. The third kappa shape index (κ3) is 14.2. The second-order valence-corrected chi connectivity index (χ2v) is 2.78. The molecule has 0 bridgehead atoms. The summed E-state index contributed by atoms with van der Waals surface area (Å²) in [4.78, 5) is 1.43. The predicted octanol–water partition coefficient (Wildman–Crippen LogP) is 6.08. The van der Waals surface area contributed by atoms with Crippen LogP contribution in [-0.2, 0) is 0 Å². The minimum absolute atomic E-state index is 0. The molecule has 0 nitrogen and oxygen atoms in total. The first kappa shape index (κ1) is 23.5. The number of aryl methyl sites for hydroxylation is 2. The number of hydrogen-bond acceptors (Lipinski definition) is 1. The van der Waals surface area contributed by atoms with Crippen molar-refractivity contribution in [1.29, 1.82) is 0 Å². The molecule has 1 aromatic rings. The molecular weight excluding hydrogens is 188 g/mol. The van der Waals surface area contributed by atoms with Crippen LogP contribution >= 0.6 is 11.3 Å². The van der Waals surface area contributed by atoms with Crippen molar-refractivity contribution in [3.05, 3.63) is 21.9 Å². The maximum Gasteiger partial charge on any atom is 0.00433 e. The van der Waals surface area contributed by atoms with Crippen molar-refractivity contribution in [3.8, 4) is 0 Å². The van der Waals surface area contributed by atoms with Gasteiger partial charge in [0.1, 0.15) is 0 Å². The first-order chi connectivity index (χ1) is 6.30. The average Bonchev–Trinajstić information content (AvgIpc) is 2.61. The van der Waals surface area contributed by atoms with Crippen LogP contribution in [0.4, 0.5) is 0 Å². The lowest BCUT2D eigenvalue weighted by atomic mass is 10.3. The number of thiophene rings is 1. The Bertz CT molecular complexity index is 138. The standard InChI is InChI=1S/C6H8S.3C2H6.CH4/c1-5-3-4-7-6(5)2;3*1-2;/h3-4H,1-2H3;3*1-2H3;1H4. The van der Waals surface area contributed by atoms with Gasteiger partial charge in [0.25, 0.3) is 0 Å². The molecule has 0 atom stereocenters. The van der Waals surface area contributed by atoms with E-state index in [-0.39, 0.29) is 7.43 Å². The van der Waals surface area contributed by atoms with Crippen molar-refractivity contribution < 1.29 is 0 Å². The van der Waals surface area contributed by atoms with Gasteiger partial charge in [0, 0.05) is 4.88 Å². The van der Waals surface area contributed by atoms with Crippen molar-refractivity contribution in [2.75, 3.05) is 0 Å². The normalized spacial score (nSPS) is 6.00. The lowest BCUT2D eigenvalue weighted by Crippen LogP contribution is -1.61. The molecule has 0 saturated heterocycles. The molecule has 0 N–H and O–H groups in total. The zero-order valence-corrected chi connectivity index (χ0v) is 11.4. The Hall–Kier alpha value is -0.300. The molecule has 0 aliphatic heterocycles. The quantitative estimate of drug-likeness (QED) is 0.495. The van der Waals surface area contributed by atoms with Crippen LogP contribution in [0.2, 0.25) is 0 Å². The van der Waals surface area contributed by atoms with E-state index in [0.717, 1.165) is 0 Å². The van der Waals surface area contributed by atoms with E-state index in [1.807, 2.05) is 41.5 Å². The van der Waals surface area contributed by atoms with E-state index in [1.54, 1.807) is 11.3 Å². The Kier molecular flexibility index (Phi) is 38.5. The summed E-state index contributed by atoms with van der Waals surface area (Å²) in [5.41, 5.74) is 1.41. The summed E-state index contributed by atoms with van der Waals surface area (Å²) in [5, 5.41) is 2.12. The van der Waals surface area contributed by atoms with E-state index in [9.17, 15) is 0 Å². The Morgan fingerprint density at radius 3 is 1.29 bits per heavy atom. The summed E-state index contributed by atoms with van der Waals surface area (Å²) in [6, 6.07) is 2.14. The highest BCUT2D eigenvalue weighted by Crippen LogP contribution is 2.12. The van der Waals surface area contributed by atoms with Gasteiger partial charge in [-0.15, -0.1) is 11.3 Å². The van der Waals surface area contributed by atoms with E-state index in [0.29, 0.717) is 0 Å². The minimum atomic E-state index is 0. The second kappa shape index (κ2) is 23.0. The van der Waals surface area contributed by atoms with Crippen LogP contribution in [0.5, 0.6) is 0 Å². The van der Waals surface area contributed by atoms with Crippen molar-refractivity contribution in [2.24, 2.45) is 0 Å². The van der Waals surface area contributed by atoms with E-state index >= 15 is 0 Å². The lowest BCUT2D eigenvalue weighted by Gasteiger charge is -1.79. The van der Waals surface area contributed by atoms with Gasteiger partial charge in [-0.25, -0.2) is 0 Å². The molecule has 88 valence electrons. The van der Waals surface area contributed by atoms with E-state index < -0.39 is 0 Å². The molecule has 0 aliphatic rings. The Labute approximate surface area is 96.4 Å². The first-order valence-electron chi connectivity index (χ1n) is 5.31. The molecule has 0 amide bonds. The molecule has 0 unspecified atom stereocenters. The van der Waals surface area contributed by atoms with Crippen LogP contribution in [0.1, 0.15) is 59.4 Å². The minimum Gasteiger partial charge on any atom is -0.149 e. The summed E-state index contributed by atoms with van der Waals surface area (Å²) in [5.74, 6) is 0. The van der Waals surface area contributed by atoms with Gasteiger partial charge in [-0.2, -0.15) is 0 Å². The maximum absolute atomic E-state index is 2.14. The smallest absolute Gasteiger partial charge is 0.00433 e. The van der Waals surface area contributed by atoms with E-state index in [2.05, 4.69) is 25.3 Å². The zero-order valence-electron chi connectivity index (χ0n) is 10.6. The SMILES string of the molecule is C.CC.CC.CC.Cc1ccsc1C. The second-order valence-electron chi connectivity index (χ2n) is 1.66. The molecular formula is C13H30S. The highest BCUT2D eigenvalue weighted by atomic mass is 32.1. The van der Waals surface area contributed by atoms with Gasteiger partial charge in [0.05, 0.1) is 0 Å². The third-order valence-electron chi connectivity index (χ3n) is 1.12. The molecule has 14 heavy (non-hydrogen) atoms. The predicted molar refractivity (Wildman–Crippen MR) is 74.6 cm³/mol. The molecule has 1 aromatic heterocycles. The fourth-order valence-electron chi connectivity index (χ4n) is 0.448. The van der Waals surface area contributed by atoms with Crippen LogP contribution in [0.25, 0.3) is 0 Å². The topological polar surface area (TPSA) is 0 Å². The van der Waals surface area contributed by atoms with Crippen molar-refractivity contribution in [2.45, 2.75) is 62.8 Å². The van der Waals surface area contributed by atoms with Gasteiger partial charge in [-0.05, 0) is 30.9 Å². The molecule has 0 radical (unpaired) electrons. The Morgan fingerprint density at radius 1 is 0.857 bits per heavy atom. The monoisotopic (exact) mass is 218 g/mol. The molecule has 0 aliphatic carbocycles. The number of rotatable bonds is 0. The summed E-state index contributed by atoms with van der Waals surface area (Å²) in [6.45, 7) is 16.3. The van der Waals surface area contributed by atoms with Crippen molar-refractivity contribution >= 4 is 11.3 Å². The first-order valence-corrected chi connectivity index (χ1v) is 6.19. The Balaban J connectivity index is -0.0000000625. The molecule has 0 saturated carbocycles. The van der Waals surface area contributed by atoms with Crippen LogP contribution < -0.4 is 0 Å². The molecule has 1 rings (SSSR count). The maximum atomic E-state index is 2.14. The van der Waals surface area contributed by atoms with Crippen molar-refractivity contribution in [1.82, 2.24) is 0 Å².